The molecule has 206 valence electrons. The Kier molecular flexibility index (Phi) is 6.97. The van der Waals surface area contributed by atoms with Crippen LogP contribution in [0.1, 0.15) is 47.3 Å². The number of piperidine rings is 1. The van der Waals surface area contributed by atoms with E-state index >= 15 is 0 Å². The van der Waals surface area contributed by atoms with Crippen molar-refractivity contribution in [3.63, 3.8) is 0 Å². The molecule has 2 aromatic rings. The van der Waals surface area contributed by atoms with Crippen LogP contribution in [0.5, 0.6) is 11.5 Å². The second-order valence-electron chi connectivity index (χ2n) is 9.88. The van der Waals surface area contributed by atoms with Crippen molar-refractivity contribution in [2.24, 2.45) is 5.92 Å². The monoisotopic (exact) mass is 542 g/mol. The molecule has 1 saturated carbocycles. The number of benzene rings is 1. The second-order valence-corrected chi connectivity index (χ2v) is 9.88. The number of nitrogens with zero attached hydrogens (tertiary/aromatic N) is 2. The van der Waals surface area contributed by atoms with Gasteiger partial charge in [0.15, 0.2) is 11.5 Å². The van der Waals surface area contributed by atoms with E-state index in [2.05, 4.69) is 4.98 Å². The molecule has 1 aromatic carbocycles. The van der Waals surface area contributed by atoms with Crippen molar-refractivity contribution in [3.05, 3.63) is 53.3 Å². The molecule has 3 atom stereocenters. The first-order chi connectivity index (χ1) is 18.0. The third-order valence-corrected chi connectivity index (χ3v) is 7.44. The molecule has 7 nitrogen and oxygen atoms in total. The van der Waals surface area contributed by atoms with Gasteiger partial charge in [0.25, 0.3) is 5.91 Å². The Labute approximate surface area is 215 Å². The van der Waals surface area contributed by atoms with E-state index in [0.717, 1.165) is 18.3 Å². The Balaban J connectivity index is 1.28. The second kappa shape index (κ2) is 9.96. The minimum atomic E-state index is -4.53. The van der Waals surface area contributed by atoms with Gasteiger partial charge in [-0.3, -0.25) is 9.78 Å². The number of carbonyl (C=O) groups is 1. The molecule has 0 radical (unpaired) electrons. The zero-order chi connectivity index (χ0) is 27.1. The highest BCUT2D eigenvalue weighted by Gasteiger charge is 2.52. The average Bonchev–Trinajstić information content (AvgIpc) is 3.49. The van der Waals surface area contributed by atoms with Crippen LogP contribution in [-0.2, 0) is 21.3 Å². The molecule has 3 aliphatic rings. The van der Waals surface area contributed by atoms with Crippen LogP contribution >= 0.6 is 0 Å². The lowest BCUT2D eigenvalue weighted by Gasteiger charge is -2.41. The van der Waals surface area contributed by atoms with E-state index in [1.165, 1.54) is 13.2 Å². The maximum atomic E-state index is 13.5. The molecule has 38 heavy (non-hydrogen) atoms. The van der Waals surface area contributed by atoms with Gasteiger partial charge in [0, 0.05) is 37.6 Å². The average molecular weight is 543 g/mol. The topological polar surface area (TPSA) is 70.1 Å². The number of hydrogen-bond acceptors (Lipinski definition) is 6. The number of carbonyl (C=O) groups excluding carboxylic acids is 1. The molecule has 0 bridgehead atoms. The van der Waals surface area contributed by atoms with E-state index in [-0.39, 0.29) is 63.3 Å². The van der Waals surface area contributed by atoms with Crippen molar-refractivity contribution < 1.29 is 45.7 Å². The summed E-state index contributed by atoms with van der Waals surface area (Å²) in [7, 11) is 1.42. The van der Waals surface area contributed by atoms with Gasteiger partial charge >= 0.3 is 6.18 Å². The largest absolute Gasteiger partial charge is 0.493 e. The van der Waals surface area contributed by atoms with E-state index in [4.69, 9.17) is 18.9 Å². The van der Waals surface area contributed by atoms with E-state index < -0.39 is 29.4 Å². The lowest BCUT2D eigenvalue weighted by Crippen LogP contribution is -2.54. The zero-order valence-corrected chi connectivity index (χ0v) is 20.6. The van der Waals surface area contributed by atoms with Gasteiger partial charge in [-0.2, -0.15) is 13.2 Å². The van der Waals surface area contributed by atoms with Gasteiger partial charge in [0.05, 0.1) is 31.5 Å². The lowest BCUT2D eigenvalue weighted by molar-refractivity contribution is -0.138. The Morgan fingerprint density at radius 2 is 2.00 bits per heavy atom. The van der Waals surface area contributed by atoms with Gasteiger partial charge in [-0.15, -0.1) is 0 Å². The molecule has 3 heterocycles. The van der Waals surface area contributed by atoms with Gasteiger partial charge < -0.3 is 23.8 Å². The summed E-state index contributed by atoms with van der Waals surface area (Å²) < 4.78 is 89.3. The molecule has 0 N–H and O–H groups in total. The first kappa shape index (κ1) is 26.6. The number of amides is 1. The van der Waals surface area contributed by atoms with Crippen LogP contribution in [-0.4, -0.2) is 61.4 Å². The highest BCUT2D eigenvalue weighted by molar-refractivity contribution is 5.95. The van der Waals surface area contributed by atoms with Crippen molar-refractivity contribution in [1.82, 2.24) is 9.88 Å². The van der Waals surface area contributed by atoms with Crippen LogP contribution < -0.4 is 9.47 Å². The van der Waals surface area contributed by atoms with Gasteiger partial charge in [-0.05, 0) is 42.7 Å². The number of pyridine rings is 1. The molecule has 2 saturated heterocycles. The number of ether oxygens (including phenoxy) is 4. The number of aromatic nitrogens is 1. The number of halogens is 5. The van der Waals surface area contributed by atoms with E-state index in [0.29, 0.717) is 23.5 Å². The fourth-order valence-corrected chi connectivity index (χ4v) is 5.36. The van der Waals surface area contributed by atoms with Crippen LogP contribution in [0.25, 0.3) is 0 Å². The number of alkyl halides is 5. The minimum Gasteiger partial charge on any atom is -0.493 e. The Morgan fingerprint density at radius 1 is 1.18 bits per heavy atom. The summed E-state index contributed by atoms with van der Waals surface area (Å²) in [6.45, 7) is 0.285. The highest BCUT2D eigenvalue weighted by Crippen LogP contribution is 2.44. The summed E-state index contributed by atoms with van der Waals surface area (Å²) in [5.74, 6) is -2.61. The van der Waals surface area contributed by atoms with Crippen LogP contribution in [0.3, 0.4) is 0 Å². The molecule has 1 unspecified atom stereocenters. The van der Waals surface area contributed by atoms with Crippen molar-refractivity contribution in [2.75, 3.05) is 33.6 Å². The van der Waals surface area contributed by atoms with Crippen molar-refractivity contribution >= 4 is 5.91 Å². The summed E-state index contributed by atoms with van der Waals surface area (Å²) in [6.07, 6.45) is -3.93. The summed E-state index contributed by atoms with van der Waals surface area (Å²) in [5, 5.41) is 0. The minimum absolute atomic E-state index is 0.0905. The smallest absolute Gasteiger partial charge is 0.416 e. The van der Waals surface area contributed by atoms with E-state index in [1.54, 1.807) is 17.0 Å². The predicted octanol–water partition coefficient (Wildman–Crippen LogP) is 5.04. The summed E-state index contributed by atoms with van der Waals surface area (Å²) >= 11 is 0. The molecule has 2 aliphatic heterocycles. The van der Waals surface area contributed by atoms with E-state index in [9.17, 15) is 26.7 Å². The number of methoxy groups -OCH3 is 1. The van der Waals surface area contributed by atoms with Gasteiger partial charge in [-0.1, -0.05) is 0 Å². The molecule has 12 heteroatoms. The number of fused-ring (bicyclic) bond motifs is 1. The van der Waals surface area contributed by atoms with Crippen molar-refractivity contribution in [1.29, 1.82) is 0 Å². The Morgan fingerprint density at radius 3 is 2.71 bits per heavy atom. The third-order valence-electron chi connectivity index (χ3n) is 7.44. The van der Waals surface area contributed by atoms with Gasteiger partial charge in [0.1, 0.15) is 18.5 Å². The molecule has 5 rings (SSSR count). The summed E-state index contributed by atoms with van der Waals surface area (Å²) in [5.41, 5.74) is -1.60. The molecule has 1 amide bonds. The Hall–Kier alpha value is -2.99. The van der Waals surface area contributed by atoms with E-state index in [1.807, 2.05) is 0 Å². The Bertz CT molecular complexity index is 1190. The van der Waals surface area contributed by atoms with Gasteiger partial charge in [0.2, 0.25) is 5.92 Å². The van der Waals surface area contributed by atoms with Crippen LogP contribution in [0.15, 0.2) is 36.5 Å². The lowest BCUT2D eigenvalue weighted by atomic mass is 9.84. The maximum absolute atomic E-state index is 13.5. The first-order valence-corrected chi connectivity index (χ1v) is 12.3. The quantitative estimate of drug-likeness (QED) is 0.477. The maximum Gasteiger partial charge on any atom is 0.416 e. The number of hydrogen-bond donors (Lipinski definition) is 0. The third kappa shape index (κ3) is 5.15. The van der Waals surface area contributed by atoms with Crippen LogP contribution in [0.4, 0.5) is 22.0 Å². The number of likely N-dealkylation sites (tertiary alicyclic amines) is 1. The van der Waals surface area contributed by atoms with Gasteiger partial charge in [-0.25, -0.2) is 8.78 Å². The van der Waals surface area contributed by atoms with Crippen LogP contribution in [0.2, 0.25) is 0 Å². The van der Waals surface area contributed by atoms with Crippen molar-refractivity contribution in [2.45, 2.75) is 49.5 Å². The first-order valence-electron chi connectivity index (χ1n) is 12.3. The molecular weight excluding hydrogens is 515 g/mol. The fourth-order valence-electron chi connectivity index (χ4n) is 5.36. The summed E-state index contributed by atoms with van der Waals surface area (Å²) in [4.78, 5) is 19.0. The SMILES string of the molecule is COc1cc(C(=O)N2CC[C@]3(c4cc(C(F)(F)F)ccn4)OCO[C@@H]3C2)ccc1OCC1CCC(F)(F)C1. The normalized spacial score (nSPS) is 26.7. The standard InChI is InChI=1S/C26H27F5N2O5/c1-35-20-10-17(2-3-19(20)36-14-16-4-6-24(27,28)12-16)23(34)33-9-7-25(22(13-33)37-15-38-25)21-11-18(5-8-32-21)26(29,30)31/h2-3,5,8,10-11,16,22H,4,6-7,9,12-15H2,1H3/t16?,22-,25-/m1/s1. The molecule has 3 fully saturated rings. The zero-order valence-electron chi connectivity index (χ0n) is 20.6. The molecule has 0 spiro atoms. The molecular formula is C26H27F5N2O5. The fraction of sp³-hybridized carbons (Fsp3) is 0.538. The predicted molar refractivity (Wildman–Crippen MR) is 123 cm³/mol. The van der Waals surface area contributed by atoms with Crippen molar-refractivity contribution in [3.8, 4) is 11.5 Å². The summed E-state index contributed by atoms with van der Waals surface area (Å²) in [6, 6.07) is 6.51. The number of rotatable bonds is 6. The van der Waals surface area contributed by atoms with Crippen LogP contribution in [0, 0.1) is 5.92 Å². The highest BCUT2D eigenvalue weighted by atomic mass is 19.4. The molecule has 1 aliphatic carbocycles. The molecule has 1 aromatic heterocycles.